The van der Waals surface area contributed by atoms with Crippen LogP contribution in [-0.4, -0.2) is 28.2 Å². The molecule has 164 valence electrons. The molecule has 1 aromatic heterocycles. The van der Waals surface area contributed by atoms with E-state index in [2.05, 4.69) is 26.1 Å². The average molecular weight is 469 g/mol. The van der Waals surface area contributed by atoms with Crippen LogP contribution in [0.3, 0.4) is 0 Å². The Morgan fingerprint density at radius 2 is 1.78 bits per heavy atom. The highest BCUT2D eigenvalue weighted by molar-refractivity contribution is 7.18. The van der Waals surface area contributed by atoms with Crippen LogP contribution in [0.25, 0.3) is 10.6 Å². The number of amides is 3. The molecule has 0 bridgehead atoms. The van der Waals surface area contributed by atoms with E-state index in [1.165, 1.54) is 11.3 Å². The molecule has 32 heavy (non-hydrogen) atoms. The monoisotopic (exact) mass is 468 g/mol. The summed E-state index contributed by atoms with van der Waals surface area (Å²) in [5.41, 5.74) is 1.84. The number of rotatable bonds is 7. The molecule has 0 saturated heterocycles. The predicted octanol–water partition coefficient (Wildman–Crippen LogP) is 4.91. The van der Waals surface area contributed by atoms with Crippen molar-refractivity contribution in [2.24, 2.45) is 5.92 Å². The SMILES string of the molecule is CCC(C)C(NC(=O)Nc1ccc(C#N)cc1)C(=O)Nc1nnc(-c2ccc(Cl)cc2)s1. The van der Waals surface area contributed by atoms with Crippen LogP contribution < -0.4 is 16.0 Å². The molecule has 0 fully saturated rings. The molecule has 2 atom stereocenters. The Hall–Kier alpha value is -3.48. The van der Waals surface area contributed by atoms with E-state index in [1.54, 1.807) is 36.4 Å². The van der Waals surface area contributed by atoms with E-state index in [0.29, 0.717) is 32.8 Å². The van der Waals surface area contributed by atoms with Crippen molar-refractivity contribution in [3.63, 3.8) is 0 Å². The van der Waals surface area contributed by atoms with Crippen molar-refractivity contribution >= 4 is 45.7 Å². The maximum atomic E-state index is 12.9. The Labute approximate surface area is 194 Å². The van der Waals surface area contributed by atoms with Crippen molar-refractivity contribution in [2.45, 2.75) is 26.3 Å². The lowest BCUT2D eigenvalue weighted by molar-refractivity contribution is -0.119. The molecule has 10 heteroatoms. The Balaban J connectivity index is 1.66. The molecule has 3 amide bonds. The first-order valence-corrected chi connectivity index (χ1v) is 11.1. The predicted molar refractivity (Wildman–Crippen MR) is 126 cm³/mol. The first-order valence-electron chi connectivity index (χ1n) is 9.87. The zero-order chi connectivity index (χ0) is 23.1. The van der Waals surface area contributed by atoms with E-state index in [9.17, 15) is 9.59 Å². The molecule has 2 unspecified atom stereocenters. The third kappa shape index (κ3) is 6.03. The Bertz CT molecular complexity index is 1120. The van der Waals surface area contributed by atoms with Gasteiger partial charge < -0.3 is 10.6 Å². The number of halogens is 1. The van der Waals surface area contributed by atoms with Crippen LogP contribution in [0.5, 0.6) is 0 Å². The van der Waals surface area contributed by atoms with Crippen LogP contribution in [0.1, 0.15) is 25.8 Å². The summed E-state index contributed by atoms with van der Waals surface area (Å²) in [5, 5.41) is 26.8. The number of nitrogens with one attached hydrogen (secondary N) is 3. The lowest BCUT2D eigenvalue weighted by Crippen LogP contribution is -2.49. The van der Waals surface area contributed by atoms with Crippen LogP contribution in [0.15, 0.2) is 48.5 Å². The van der Waals surface area contributed by atoms with Gasteiger partial charge in [-0.15, -0.1) is 10.2 Å². The molecular formula is C22H21ClN6O2S. The standard InChI is InChI=1S/C22H21ClN6O2S/c1-3-13(2)18(26-21(31)25-17-10-4-14(12-24)5-11-17)19(30)27-22-29-28-20(32-22)15-6-8-16(23)9-7-15/h4-11,13,18H,3H2,1-2H3,(H2,25,26,31)(H,27,29,30). The first kappa shape index (κ1) is 23.2. The van der Waals surface area contributed by atoms with Gasteiger partial charge in [-0.05, 0) is 42.3 Å². The number of anilines is 2. The quantitative estimate of drug-likeness (QED) is 0.455. The lowest BCUT2D eigenvalue weighted by Gasteiger charge is -2.23. The molecule has 3 aromatic rings. The van der Waals surface area contributed by atoms with Crippen molar-refractivity contribution in [1.82, 2.24) is 15.5 Å². The topological polar surface area (TPSA) is 120 Å². The number of benzene rings is 2. The smallest absolute Gasteiger partial charge is 0.319 e. The van der Waals surface area contributed by atoms with Gasteiger partial charge in [-0.25, -0.2) is 4.79 Å². The summed E-state index contributed by atoms with van der Waals surface area (Å²) in [6.45, 7) is 3.82. The fourth-order valence-corrected chi connectivity index (χ4v) is 3.68. The Morgan fingerprint density at radius 3 is 2.41 bits per heavy atom. The highest BCUT2D eigenvalue weighted by atomic mass is 35.5. The molecule has 0 saturated carbocycles. The van der Waals surface area contributed by atoms with Crippen molar-refractivity contribution in [1.29, 1.82) is 5.26 Å². The van der Waals surface area contributed by atoms with E-state index in [0.717, 1.165) is 5.56 Å². The summed E-state index contributed by atoms with van der Waals surface area (Å²) in [6.07, 6.45) is 0.682. The molecule has 3 rings (SSSR count). The first-order chi connectivity index (χ1) is 15.4. The summed E-state index contributed by atoms with van der Waals surface area (Å²) in [5.74, 6) is -0.501. The zero-order valence-electron chi connectivity index (χ0n) is 17.4. The largest absolute Gasteiger partial charge is 0.326 e. The van der Waals surface area contributed by atoms with E-state index in [-0.39, 0.29) is 11.8 Å². The van der Waals surface area contributed by atoms with Gasteiger partial charge in [0.2, 0.25) is 11.0 Å². The Kier molecular flexibility index (Phi) is 7.76. The summed E-state index contributed by atoms with van der Waals surface area (Å²) < 4.78 is 0. The Morgan fingerprint density at radius 1 is 1.09 bits per heavy atom. The van der Waals surface area contributed by atoms with E-state index < -0.39 is 12.1 Å². The lowest BCUT2D eigenvalue weighted by atomic mass is 9.98. The number of aromatic nitrogens is 2. The fourth-order valence-electron chi connectivity index (χ4n) is 2.80. The molecule has 0 radical (unpaired) electrons. The second kappa shape index (κ2) is 10.7. The highest BCUT2D eigenvalue weighted by Gasteiger charge is 2.27. The highest BCUT2D eigenvalue weighted by Crippen LogP contribution is 2.27. The molecule has 0 spiro atoms. The van der Waals surface area contributed by atoms with Gasteiger partial charge in [-0.1, -0.05) is 55.3 Å². The van der Waals surface area contributed by atoms with Crippen molar-refractivity contribution in [2.75, 3.05) is 10.6 Å². The number of hydrogen-bond acceptors (Lipinski definition) is 6. The molecular weight excluding hydrogens is 448 g/mol. The molecule has 2 aromatic carbocycles. The van der Waals surface area contributed by atoms with Crippen LogP contribution in [0.2, 0.25) is 5.02 Å². The van der Waals surface area contributed by atoms with Crippen molar-refractivity contribution in [3.8, 4) is 16.6 Å². The number of carbonyl (C=O) groups excluding carboxylic acids is 2. The molecule has 8 nitrogen and oxygen atoms in total. The van der Waals surface area contributed by atoms with E-state index in [1.807, 2.05) is 32.0 Å². The molecule has 3 N–H and O–H groups in total. The fraction of sp³-hybridized carbons (Fsp3) is 0.227. The number of hydrogen-bond donors (Lipinski definition) is 3. The van der Waals surface area contributed by atoms with Crippen LogP contribution in [0, 0.1) is 17.2 Å². The van der Waals surface area contributed by atoms with Crippen molar-refractivity contribution in [3.05, 3.63) is 59.1 Å². The minimum atomic E-state index is -0.777. The van der Waals surface area contributed by atoms with Crippen LogP contribution >= 0.6 is 22.9 Å². The van der Waals surface area contributed by atoms with Gasteiger partial charge in [0, 0.05) is 16.3 Å². The van der Waals surface area contributed by atoms with Gasteiger partial charge in [-0.3, -0.25) is 10.1 Å². The van der Waals surface area contributed by atoms with E-state index >= 15 is 0 Å². The number of carbonyl (C=O) groups is 2. The molecule has 1 heterocycles. The maximum absolute atomic E-state index is 12.9. The molecule has 0 aliphatic rings. The van der Waals surface area contributed by atoms with Gasteiger partial charge >= 0.3 is 6.03 Å². The van der Waals surface area contributed by atoms with Gasteiger partial charge in [-0.2, -0.15) is 5.26 Å². The average Bonchev–Trinajstić information content (AvgIpc) is 3.26. The summed E-state index contributed by atoms with van der Waals surface area (Å²) >= 11 is 7.15. The number of nitriles is 1. The third-order valence-corrected chi connectivity index (χ3v) is 5.94. The zero-order valence-corrected chi connectivity index (χ0v) is 19.0. The van der Waals surface area contributed by atoms with Gasteiger partial charge in [0.15, 0.2) is 0 Å². The summed E-state index contributed by atoms with van der Waals surface area (Å²) in [7, 11) is 0. The van der Waals surface area contributed by atoms with Crippen LogP contribution in [0.4, 0.5) is 15.6 Å². The molecule has 0 aliphatic carbocycles. The normalized spacial score (nSPS) is 12.3. The molecule has 0 aliphatic heterocycles. The minimum Gasteiger partial charge on any atom is -0.326 e. The summed E-state index contributed by atoms with van der Waals surface area (Å²) in [4.78, 5) is 25.4. The second-order valence-corrected chi connectivity index (χ2v) is 8.47. The summed E-state index contributed by atoms with van der Waals surface area (Å²) in [6, 6.07) is 14.3. The number of urea groups is 1. The third-order valence-electron chi connectivity index (χ3n) is 4.80. The van der Waals surface area contributed by atoms with Gasteiger partial charge in [0.1, 0.15) is 11.0 Å². The van der Waals surface area contributed by atoms with Gasteiger partial charge in [0.05, 0.1) is 11.6 Å². The maximum Gasteiger partial charge on any atom is 0.319 e. The van der Waals surface area contributed by atoms with Crippen LogP contribution in [-0.2, 0) is 4.79 Å². The number of nitrogens with zero attached hydrogens (tertiary/aromatic N) is 3. The van der Waals surface area contributed by atoms with Crippen molar-refractivity contribution < 1.29 is 9.59 Å². The minimum absolute atomic E-state index is 0.120. The van der Waals surface area contributed by atoms with E-state index in [4.69, 9.17) is 16.9 Å². The second-order valence-electron chi connectivity index (χ2n) is 7.06. The van der Waals surface area contributed by atoms with Gasteiger partial charge in [0.25, 0.3) is 0 Å².